The van der Waals surface area contributed by atoms with Crippen molar-refractivity contribution in [2.45, 2.75) is 39.5 Å². The minimum Gasteiger partial charge on any atom is -0.456 e. The summed E-state index contributed by atoms with van der Waals surface area (Å²) in [5, 5.41) is 23.1. The van der Waals surface area contributed by atoms with Gasteiger partial charge < -0.3 is 18.9 Å². The van der Waals surface area contributed by atoms with Gasteiger partial charge in [0.2, 0.25) is 0 Å². The zero-order valence-electron chi connectivity index (χ0n) is 20.7. The predicted octanol–water partition coefficient (Wildman–Crippen LogP) is 7.86. The molecule has 2 N–H and O–H groups in total. The van der Waals surface area contributed by atoms with Crippen molar-refractivity contribution in [3.05, 3.63) is 88.4 Å². The number of benzene rings is 4. The van der Waals surface area contributed by atoms with Gasteiger partial charge in [0.25, 0.3) is 0 Å². The molecular weight excluding hydrogens is 515 g/mol. The van der Waals surface area contributed by atoms with Gasteiger partial charge in [0.05, 0.1) is 0 Å². The van der Waals surface area contributed by atoms with Crippen LogP contribution >= 0.6 is 15.9 Å². The average Bonchev–Trinajstić information content (AvgIpc) is 3.42. The van der Waals surface area contributed by atoms with Crippen LogP contribution in [0.3, 0.4) is 0 Å². The average molecular weight is 543 g/mol. The molecule has 182 valence electrons. The Morgan fingerprint density at radius 3 is 1.64 bits per heavy atom. The van der Waals surface area contributed by atoms with Gasteiger partial charge in [0.15, 0.2) is 0 Å². The molecule has 0 aliphatic rings. The van der Waals surface area contributed by atoms with Crippen molar-refractivity contribution >= 4 is 72.4 Å². The van der Waals surface area contributed by atoms with Crippen LogP contribution in [0.5, 0.6) is 0 Å². The third-order valence-corrected chi connectivity index (χ3v) is 7.27. The molecule has 6 heteroatoms. The second-order valence-electron chi connectivity index (χ2n) is 9.67. The van der Waals surface area contributed by atoms with Gasteiger partial charge >= 0.3 is 7.12 Å². The fourth-order valence-corrected chi connectivity index (χ4v) is 5.41. The maximum atomic E-state index is 9.49. The minimum atomic E-state index is -1.49. The molecule has 4 nitrogen and oxygen atoms in total. The van der Waals surface area contributed by atoms with Gasteiger partial charge in [-0.3, -0.25) is 0 Å². The van der Waals surface area contributed by atoms with Crippen LogP contribution < -0.4 is 5.46 Å². The summed E-state index contributed by atoms with van der Waals surface area (Å²) in [5.41, 5.74) is 6.37. The number of fused-ring (bicyclic) bond motifs is 6. The summed E-state index contributed by atoms with van der Waals surface area (Å²) in [5.74, 6) is 0.824. The van der Waals surface area contributed by atoms with E-state index >= 15 is 0 Å². The Bertz CT molecular complexity index is 1690. The van der Waals surface area contributed by atoms with Crippen molar-refractivity contribution in [2.75, 3.05) is 0 Å². The van der Waals surface area contributed by atoms with E-state index in [-0.39, 0.29) is 0 Å². The smallest absolute Gasteiger partial charge is 0.456 e. The second-order valence-corrected chi connectivity index (χ2v) is 10.5. The standard InChI is InChI=1S/C15H15BO3.C15H13BrO/c1-9(2)10-5-3-6-11-14-12(16(17)18)7-4-8-13(14)19-15(10)11;1-9(2)10-5-3-6-11-14-12(16)7-4-8-13(14)17-15(10)11/h3-9,17-18H,1-2H3;3-9H,1-2H3. The number of para-hydroxylation sites is 2. The van der Waals surface area contributed by atoms with Gasteiger partial charge in [-0.2, -0.15) is 0 Å². The minimum absolute atomic E-state index is 0.353. The van der Waals surface area contributed by atoms with E-state index in [0.29, 0.717) is 22.9 Å². The number of furan rings is 2. The quantitative estimate of drug-likeness (QED) is 0.223. The molecule has 6 aromatic rings. The van der Waals surface area contributed by atoms with E-state index in [1.165, 1.54) is 16.3 Å². The maximum absolute atomic E-state index is 9.49. The maximum Gasteiger partial charge on any atom is 0.489 e. The van der Waals surface area contributed by atoms with Crippen molar-refractivity contribution < 1.29 is 18.9 Å². The van der Waals surface area contributed by atoms with Crippen LogP contribution in [0.25, 0.3) is 43.9 Å². The lowest BCUT2D eigenvalue weighted by Gasteiger charge is -2.05. The molecule has 6 rings (SSSR count). The Hall–Kier alpha value is -3.06. The molecule has 0 atom stereocenters. The Kier molecular flexibility index (Phi) is 6.69. The molecule has 0 fully saturated rings. The number of hydrogen-bond donors (Lipinski definition) is 2. The first-order valence-corrected chi connectivity index (χ1v) is 13.0. The molecule has 2 aromatic heterocycles. The first kappa shape index (κ1) is 24.6. The third kappa shape index (κ3) is 4.24. The largest absolute Gasteiger partial charge is 0.489 e. The van der Waals surface area contributed by atoms with Crippen LogP contribution in [0, 0.1) is 0 Å². The van der Waals surface area contributed by atoms with Crippen molar-refractivity contribution in [1.29, 1.82) is 0 Å². The van der Waals surface area contributed by atoms with Gasteiger partial charge in [-0.15, -0.1) is 0 Å². The molecule has 0 saturated heterocycles. The second kappa shape index (κ2) is 9.77. The van der Waals surface area contributed by atoms with Crippen LogP contribution in [-0.2, 0) is 0 Å². The van der Waals surface area contributed by atoms with E-state index in [0.717, 1.165) is 37.6 Å². The lowest BCUT2D eigenvalue weighted by Crippen LogP contribution is -2.30. The van der Waals surface area contributed by atoms with Crippen molar-refractivity contribution in [2.24, 2.45) is 0 Å². The van der Waals surface area contributed by atoms with E-state index in [9.17, 15) is 10.0 Å². The number of halogens is 1. The summed E-state index contributed by atoms with van der Waals surface area (Å²) in [6, 6.07) is 23.8. The monoisotopic (exact) mass is 542 g/mol. The van der Waals surface area contributed by atoms with Gasteiger partial charge in [0, 0.05) is 26.0 Å². The summed E-state index contributed by atoms with van der Waals surface area (Å²) in [6.07, 6.45) is 0. The summed E-state index contributed by atoms with van der Waals surface area (Å²) in [4.78, 5) is 0. The van der Waals surface area contributed by atoms with Gasteiger partial charge in [-0.05, 0) is 46.6 Å². The van der Waals surface area contributed by atoms with Crippen LogP contribution in [0.15, 0.2) is 86.1 Å². The highest BCUT2D eigenvalue weighted by Gasteiger charge is 2.20. The van der Waals surface area contributed by atoms with Gasteiger partial charge in [0.1, 0.15) is 22.3 Å². The molecule has 0 saturated carbocycles. The topological polar surface area (TPSA) is 66.7 Å². The van der Waals surface area contributed by atoms with Crippen molar-refractivity contribution in [1.82, 2.24) is 0 Å². The first-order chi connectivity index (χ1) is 17.3. The van der Waals surface area contributed by atoms with E-state index in [1.807, 2.05) is 36.4 Å². The Morgan fingerprint density at radius 2 is 1.11 bits per heavy atom. The van der Waals surface area contributed by atoms with Crippen molar-refractivity contribution in [3.63, 3.8) is 0 Å². The van der Waals surface area contributed by atoms with Crippen LogP contribution in [0.4, 0.5) is 0 Å². The van der Waals surface area contributed by atoms with E-state index < -0.39 is 7.12 Å². The fraction of sp³-hybridized carbons (Fsp3) is 0.200. The Labute approximate surface area is 218 Å². The molecule has 4 aromatic carbocycles. The molecule has 36 heavy (non-hydrogen) atoms. The molecule has 0 amide bonds. The number of rotatable bonds is 3. The zero-order valence-corrected chi connectivity index (χ0v) is 22.3. The van der Waals surface area contributed by atoms with Crippen LogP contribution in [0.1, 0.15) is 50.7 Å². The van der Waals surface area contributed by atoms with Crippen LogP contribution in [0.2, 0.25) is 0 Å². The van der Waals surface area contributed by atoms with E-state index in [1.54, 1.807) is 12.1 Å². The molecule has 0 unspecified atom stereocenters. The Morgan fingerprint density at radius 1 is 0.639 bits per heavy atom. The lowest BCUT2D eigenvalue weighted by molar-refractivity contribution is 0.426. The molecule has 2 heterocycles. The van der Waals surface area contributed by atoms with E-state index in [4.69, 9.17) is 8.83 Å². The van der Waals surface area contributed by atoms with E-state index in [2.05, 4.69) is 67.9 Å². The van der Waals surface area contributed by atoms with Crippen molar-refractivity contribution in [3.8, 4) is 0 Å². The molecular formula is C30H28BBrO4. The molecule has 0 aliphatic carbocycles. The highest BCUT2D eigenvalue weighted by Crippen LogP contribution is 2.37. The highest BCUT2D eigenvalue weighted by molar-refractivity contribution is 9.10. The zero-order chi connectivity index (χ0) is 25.6. The normalized spacial score (nSPS) is 11.7. The third-order valence-electron chi connectivity index (χ3n) is 6.61. The molecule has 0 aliphatic heterocycles. The highest BCUT2D eigenvalue weighted by atomic mass is 79.9. The molecule has 0 radical (unpaired) electrons. The van der Waals surface area contributed by atoms with Gasteiger partial charge in [-0.1, -0.05) is 98.2 Å². The predicted molar refractivity (Wildman–Crippen MR) is 153 cm³/mol. The van der Waals surface area contributed by atoms with Crippen LogP contribution in [-0.4, -0.2) is 17.2 Å². The first-order valence-electron chi connectivity index (χ1n) is 12.2. The summed E-state index contributed by atoms with van der Waals surface area (Å²) in [6.45, 7) is 8.61. The lowest BCUT2D eigenvalue weighted by atomic mass is 9.77. The van der Waals surface area contributed by atoms with Gasteiger partial charge in [-0.25, -0.2) is 0 Å². The SMILES string of the molecule is CC(C)c1cccc2c1oc1cccc(B(O)O)c12.CC(C)c1cccc2c1oc1cccc(Br)c12. The Balaban J connectivity index is 0.000000149. The fourth-order valence-electron chi connectivity index (χ4n) is 4.85. The molecule has 0 bridgehead atoms. The summed E-state index contributed by atoms with van der Waals surface area (Å²) in [7, 11) is -1.49. The summed E-state index contributed by atoms with van der Waals surface area (Å²) < 4.78 is 13.0. The molecule has 0 spiro atoms. The summed E-state index contributed by atoms with van der Waals surface area (Å²) >= 11 is 3.60. The number of hydrogen-bond acceptors (Lipinski definition) is 4.